The summed E-state index contributed by atoms with van der Waals surface area (Å²) in [6, 6.07) is 5.44. The number of carbonyl (C=O) groups is 1. The number of likely N-dealkylation sites (N-methyl/N-ethyl adjacent to an activating group) is 1. The van der Waals surface area contributed by atoms with Crippen LogP contribution in [-0.4, -0.2) is 46.2 Å². The van der Waals surface area contributed by atoms with Crippen LogP contribution in [0, 0.1) is 0 Å². The van der Waals surface area contributed by atoms with Crippen molar-refractivity contribution in [2.75, 3.05) is 20.6 Å². The van der Waals surface area contributed by atoms with Crippen molar-refractivity contribution in [2.24, 2.45) is 0 Å². The monoisotopic (exact) mass is 289 g/mol. The zero-order chi connectivity index (χ0) is 15.7. The van der Waals surface area contributed by atoms with Crippen LogP contribution in [0.25, 0.3) is 11.0 Å². The molecule has 2 aromatic rings. The molecule has 5 heteroatoms. The number of imidazole rings is 1. The molecule has 0 aliphatic rings. The first-order valence-electron chi connectivity index (χ1n) is 7.21. The van der Waals surface area contributed by atoms with E-state index in [0.29, 0.717) is 5.56 Å². The normalized spacial score (nSPS) is 13.3. The Kier molecular flexibility index (Phi) is 4.32. The lowest BCUT2D eigenvalue weighted by Gasteiger charge is -2.23. The van der Waals surface area contributed by atoms with Crippen LogP contribution in [0.1, 0.15) is 48.9 Å². The molecule has 5 nitrogen and oxygen atoms in total. The Morgan fingerprint density at radius 1 is 1.33 bits per heavy atom. The fraction of sp³-hybridized carbons (Fsp3) is 0.500. The van der Waals surface area contributed by atoms with Crippen LogP contribution < -0.4 is 0 Å². The first-order chi connectivity index (χ1) is 9.82. The van der Waals surface area contributed by atoms with E-state index in [2.05, 4.69) is 35.2 Å². The molecule has 0 spiro atoms. The van der Waals surface area contributed by atoms with Gasteiger partial charge in [-0.05, 0) is 33.2 Å². The molecular weight excluding hydrogens is 266 g/mol. The van der Waals surface area contributed by atoms with E-state index in [1.54, 1.807) is 12.1 Å². The molecule has 114 valence electrons. The van der Waals surface area contributed by atoms with Gasteiger partial charge in [-0.15, -0.1) is 0 Å². The topological polar surface area (TPSA) is 58.4 Å². The van der Waals surface area contributed by atoms with Gasteiger partial charge >= 0.3 is 5.97 Å². The number of aromatic nitrogens is 2. The smallest absolute Gasteiger partial charge is 0.337 e. The third-order valence-electron chi connectivity index (χ3n) is 3.55. The van der Waals surface area contributed by atoms with Gasteiger partial charge in [0.25, 0.3) is 0 Å². The summed E-state index contributed by atoms with van der Waals surface area (Å²) in [6.45, 7) is 7.10. The van der Waals surface area contributed by atoms with E-state index in [0.717, 1.165) is 23.4 Å². The Labute approximate surface area is 125 Å². The van der Waals surface area contributed by atoms with Gasteiger partial charge < -0.3 is 14.6 Å². The van der Waals surface area contributed by atoms with Crippen LogP contribution in [0.5, 0.6) is 0 Å². The van der Waals surface area contributed by atoms with Crippen LogP contribution >= 0.6 is 0 Å². The highest BCUT2D eigenvalue weighted by Gasteiger charge is 2.22. The number of rotatable bonds is 5. The van der Waals surface area contributed by atoms with E-state index in [4.69, 9.17) is 0 Å². The lowest BCUT2D eigenvalue weighted by atomic mass is 10.1. The van der Waals surface area contributed by atoms with E-state index in [-0.39, 0.29) is 12.0 Å². The predicted octanol–water partition coefficient (Wildman–Crippen LogP) is 2.98. The van der Waals surface area contributed by atoms with Gasteiger partial charge in [0.05, 0.1) is 16.6 Å². The minimum absolute atomic E-state index is 0.155. The van der Waals surface area contributed by atoms with Crippen LogP contribution in [0.15, 0.2) is 18.2 Å². The molecule has 0 fully saturated rings. The van der Waals surface area contributed by atoms with Gasteiger partial charge in [-0.1, -0.05) is 19.9 Å². The summed E-state index contributed by atoms with van der Waals surface area (Å²) in [4.78, 5) is 18.3. The molecule has 0 bridgehead atoms. The van der Waals surface area contributed by atoms with Crippen LogP contribution in [-0.2, 0) is 0 Å². The third kappa shape index (κ3) is 2.93. The summed E-state index contributed by atoms with van der Waals surface area (Å²) >= 11 is 0. The number of para-hydroxylation sites is 1. The Morgan fingerprint density at radius 3 is 2.52 bits per heavy atom. The van der Waals surface area contributed by atoms with Crippen molar-refractivity contribution in [3.63, 3.8) is 0 Å². The molecule has 0 aliphatic heterocycles. The SMILES string of the molecule is CC(C)c1nc2cccc(C(=O)O)c2n1C(C)CN(C)C. The van der Waals surface area contributed by atoms with Crippen molar-refractivity contribution >= 4 is 17.0 Å². The van der Waals surface area contributed by atoms with Gasteiger partial charge in [0.1, 0.15) is 5.82 Å². The molecule has 0 saturated carbocycles. The van der Waals surface area contributed by atoms with Gasteiger partial charge in [-0.2, -0.15) is 0 Å². The number of nitrogens with zero attached hydrogens (tertiary/aromatic N) is 3. The zero-order valence-electron chi connectivity index (χ0n) is 13.3. The van der Waals surface area contributed by atoms with Crippen molar-refractivity contribution < 1.29 is 9.90 Å². The maximum Gasteiger partial charge on any atom is 0.337 e. The van der Waals surface area contributed by atoms with Crippen molar-refractivity contribution in [1.82, 2.24) is 14.5 Å². The summed E-state index contributed by atoms with van der Waals surface area (Å²) in [6.07, 6.45) is 0. The Bertz CT molecular complexity index is 659. The molecule has 0 amide bonds. The summed E-state index contributed by atoms with van der Waals surface area (Å²) in [5.74, 6) is 0.269. The van der Waals surface area contributed by atoms with Crippen molar-refractivity contribution in [2.45, 2.75) is 32.7 Å². The van der Waals surface area contributed by atoms with Gasteiger partial charge in [-0.25, -0.2) is 9.78 Å². The first kappa shape index (κ1) is 15.5. The van der Waals surface area contributed by atoms with Crippen LogP contribution in [0.4, 0.5) is 0 Å². The predicted molar refractivity (Wildman–Crippen MR) is 84.0 cm³/mol. The molecular formula is C16H23N3O2. The zero-order valence-corrected chi connectivity index (χ0v) is 13.3. The highest BCUT2D eigenvalue weighted by molar-refractivity contribution is 6.01. The maximum atomic E-state index is 11.5. The molecule has 1 heterocycles. The quantitative estimate of drug-likeness (QED) is 0.919. The number of aromatic carboxylic acids is 1. The molecule has 1 unspecified atom stereocenters. The minimum atomic E-state index is -0.908. The summed E-state index contributed by atoms with van der Waals surface area (Å²) in [5.41, 5.74) is 1.80. The standard InChI is InChI=1S/C16H23N3O2/c1-10(2)15-17-13-8-6-7-12(16(20)21)14(13)19(15)11(3)9-18(4)5/h6-8,10-11H,9H2,1-5H3,(H,20,21). The van der Waals surface area contributed by atoms with Crippen molar-refractivity contribution in [1.29, 1.82) is 0 Å². The maximum absolute atomic E-state index is 11.5. The third-order valence-corrected chi connectivity index (χ3v) is 3.55. The molecule has 0 aliphatic carbocycles. The fourth-order valence-corrected chi connectivity index (χ4v) is 2.80. The van der Waals surface area contributed by atoms with Crippen molar-refractivity contribution in [3.8, 4) is 0 Å². The highest BCUT2D eigenvalue weighted by Crippen LogP contribution is 2.28. The van der Waals surface area contributed by atoms with Crippen LogP contribution in [0.2, 0.25) is 0 Å². The minimum Gasteiger partial charge on any atom is -0.478 e. The Morgan fingerprint density at radius 2 is 2.00 bits per heavy atom. The second kappa shape index (κ2) is 5.85. The van der Waals surface area contributed by atoms with E-state index < -0.39 is 5.97 Å². The second-order valence-corrected chi connectivity index (χ2v) is 6.08. The average molecular weight is 289 g/mol. The summed E-state index contributed by atoms with van der Waals surface area (Å²) in [5, 5.41) is 9.47. The first-order valence-corrected chi connectivity index (χ1v) is 7.21. The number of carboxylic acids is 1. The van der Waals surface area contributed by atoms with Gasteiger partial charge in [0, 0.05) is 18.5 Å². The number of carboxylic acid groups (broad SMARTS) is 1. The molecule has 21 heavy (non-hydrogen) atoms. The molecule has 0 saturated heterocycles. The Balaban J connectivity index is 2.74. The number of hydrogen-bond donors (Lipinski definition) is 1. The molecule has 1 aromatic heterocycles. The molecule has 1 N–H and O–H groups in total. The Hall–Kier alpha value is -1.88. The van der Waals surface area contributed by atoms with E-state index in [1.165, 1.54) is 0 Å². The van der Waals surface area contributed by atoms with Crippen LogP contribution in [0.3, 0.4) is 0 Å². The highest BCUT2D eigenvalue weighted by atomic mass is 16.4. The van der Waals surface area contributed by atoms with Crippen molar-refractivity contribution in [3.05, 3.63) is 29.6 Å². The summed E-state index contributed by atoms with van der Waals surface area (Å²) in [7, 11) is 4.03. The lowest BCUT2D eigenvalue weighted by Crippen LogP contribution is -2.24. The summed E-state index contributed by atoms with van der Waals surface area (Å²) < 4.78 is 2.09. The van der Waals surface area contributed by atoms with Gasteiger partial charge in [0.15, 0.2) is 0 Å². The number of fused-ring (bicyclic) bond motifs is 1. The second-order valence-electron chi connectivity index (χ2n) is 6.08. The number of benzene rings is 1. The average Bonchev–Trinajstić information content (AvgIpc) is 2.76. The largest absolute Gasteiger partial charge is 0.478 e. The van der Waals surface area contributed by atoms with Gasteiger partial charge in [0.2, 0.25) is 0 Å². The molecule has 2 rings (SSSR count). The lowest BCUT2D eigenvalue weighted by molar-refractivity contribution is 0.0698. The molecule has 1 atom stereocenters. The van der Waals surface area contributed by atoms with E-state index >= 15 is 0 Å². The van der Waals surface area contributed by atoms with Gasteiger partial charge in [-0.3, -0.25) is 0 Å². The van der Waals surface area contributed by atoms with E-state index in [9.17, 15) is 9.90 Å². The molecule has 0 radical (unpaired) electrons. The fourth-order valence-electron chi connectivity index (χ4n) is 2.80. The number of hydrogen-bond acceptors (Lipinski definition) is 3. The molecule has 1 aromatic carbocycles. The van der Waals surface area contributed by atoms with E-state index in [1.807, 2.05) is 20.2 Å².